The third kappa shape index (κ3) is 2.82. The van der Waals surface area contributed by atoms with Gasteiger partial charge in [-0.25, -0.2) is 4.79 Å². The smallest absolute Gasteiger partial charge is 0.343 e. The summed E-state index contributed by atoms with van der Waals surface area (Å²) in [6, 6.07) is 15.5. The Bertz CT molecular complexity index is 898. The van der Waals surface area contributed by atoms with Crippen LogP contribution in [0.4, 0.5) is 0 Å². The molecule has 4 atom stereocenters. The van der Waals surface area contributed by atoms with Crippen LogP contribution >= 0.6 is 0 Å². The molecule has 0 amide bonds. The molecule has 0 saturated heterocycles. The quantitative estimate of drug-likeness (QED) is 0.378. The molecule has 0 radical (unpaired) electrons. The van der Waals surface area contributed by atoms with E-state index >= 15 is 0 Å². The zero-order valence-corrected chi connectivity index (χ0v) is 15.9. The molecule has 1 saturated carbocycles. The second-order valence-corrected chi connectivity index (χ2v) is 8.71. The standard InChI is InChI=1S/C25H26O2/c1-25-14-5-8-23(25)22-11-9-18-16-19(10-12-20(18)21(22)13-15-25)27-24(26)17-6-3-2-4-7-17/h2-7,10,12,14,16,21-23H,8-9,11,13,15H2,1H3/t21-,22-,23+,25+/m1/s1. The maximum atomic E-state index is 12.3. The predicted molar refractivity (Wildman–Crippen MR) is 107 cm³/mol. The zero-order valence-electron chi connectivity index (χ0n) is 15.9. The number of allylic oxidation sites excluding steroid dienone is 2. The van der Waals surface area contributed by atoms with E-state index in [-0.39, 0.29) is 5.97 Å². The molecule has 2 heteroatoms. The van der Waals surface area contributed by atoms with Gasteiger partial charge in [0.2, 0.25) is 0 Å². The maximum Gasteiger partial charge on any atom is 0.343 e. The monoisotopic (exact) mass is 358 g/mol. The van der Waals surface area contributed by atoms with Gasteiger partial charge in [-0.2, -0.15) is 0 Å². The molecule has 138 valence electrons. The Morgan fingerprint density at radius 1 is 1.11 bits per heavy atom. The van der Waals surface area contributed by atoms with Gasteiger partial charge in [0, 0.05) is 0 Å². The van der Waals surface area contributed by atoms with Crippen molar-refractivity contribution in [2.45, 2.75) is 44.9 Å². The molecule has 3 aliphatic rings. The van der Waals surface area contributed by atoms with E-state index in [1.807, 2.05) is 24.3 Å². The van der Waals surface area contributed by atoms with Crippen LogP contribution in [0, 0.1) is 17.3 Å². The Morgan fingerprint density at radius 2 is 1.96 bits per heavy atom. The van der Waals surface area contributed by atoms with Crippen molar-refractivity contribution in [2.75, 3.05) is 0 Å². The first-order valence-electron chi connectivity index (χ1n) is 10.2. The first-order chi connectivity index (χ1) is 13.1. The number of hydrogen-bond donors (Lipinski definition) is 0. The van der Waals surface area contributed by atoms with Gasteiger partial charge < -0.3 is 4.74 Å². The molecule has 0 unspecified atom stereocenters. The Labute approximate surface area is 161 Å². The van der Waals surface area contributed by atoms with Crippen LogP contribution in [0.5, 0.6) is 5.75 Å². The summed E-state index contributed by atoms with van der Waals surface area (Å²) < 4.78 is 5.64. The minimum Gasteiger partial charge on any atom is -0.423 e. The predicted octanol–water partition coefficient (Wildman–Crippen LogP) is 5.93. The molecule has 0 heterocycles. The van der Waals surface area contributed by atoms with Gasteiger partial charge in [-0.15, -0.1) is 0 Å². The molecular weight excluding hydrogens is 332 g/mol. The number of aryl methyl sites for hydroxylation is 1. The summed E-state index contributed by atoms with van der Waals surface area (Å²) in [6.45, 7) is 2.46. The summed E-state index contributed by atoms with van der Waals surface area (Å²) in [5, 5.41) is 0. The molecule has 2 aromatic carbocycles. The first kappa shape index (κ1) is 16.8. The van der Waals surface area contributed by atoms with Crippen molar-refractivity contribution in [1.29, 1.82) is 0 Å². The highest BCUT2D eigenvalue weighted by Crippen LogP contribution is 2.58. The van der Waals surface area contributed by atoms with Crippen LogP contribution in [0.2, 0.25) is 0 Å². The molecule has 0 N–H and O–H groups in total. The minimum atomic E-state index is -0.283. The molecule has 2 aromatic rings. The second kappa shape index (κ2) is 6.37. The lowest BCUT2D eigenvalue weighted by atomic mass is 9.56. The number of carbonyl (C=O) groups excluding carboxylic acids is 1. The van der Waals surface area contributed by atoms with Crippen molar-refractivity contribution in [2.24, 2.45) is 17.3 Å². The van der Waals surface area contributed by atoms with Gasteiger partial charge in [0.15, 0.2) is 0 Å². The van der Waals surface area contributed by atoms with Crippen LogP contribution in [0.15, 0.2) is 60.7 Å². The molecule has 0 aromatic heterocycles. The molecule has 3 aliphatic carbocycles. The lowest BCUT2D eigenvalue weighted by Crippen LogP contribution is -2.39. The average molecular weight is 358 g/mol. The number of esters is 1. The third-order valence-corrected chi connectivity index (χ3v) is 7.24. The summed E-state index contributed by atoms with van der Waals surface area (Å²) >= 11 is 0. The van der Waals surface area contributed by atoms with Gasteiger partial charge in [-0.3, -0.25) is 0 Å². The number of rotatable bonds is 2. The number of carbonyl (C=O) groups is 1. The number of ether oxygens (including phenoxy) is 1. The highest BCUT2D eigenvalue weighted by atomic mass is 16.5. The summed E-state index contributed by atoms with van der Waals surface area (Å²) in [5.41, 5.74) is 3.89. The fourth-order valence-electron chi connectivity index (χ4n) is 5.84. The van der Waals surface area contributed by atoms with E-state index in [1.54, 1.807) is 12.1 Å². The Morgan fingerprint density at radius 3 is 2.81 bits per heavy atom. The van der Waals surface area contributed by atoms with E-state index in [1.165, 1.54) is 36.8 Å². The molecular formula is C25H26O2. The van der Waals surface area contributed by atoms with Crippen LogP contribution in [-0.2, 0) is 6.42 Å². The van der Waals surface area contributed by atoms with Crippen LogP contribution < -0.4 is 4.74 Å². The largest absolute Gasteiger partial charge is 0.423 e. The lowest BCUT2D eigenvalue weighted by molar-refractivity contribution is 0.0732. The van der Waals surface area contributed by atoms with E-state index in [0.717, 1.165) is 18.3 Å². The minimum absolute atomic E-state index is 0.283. The van der Waals surface area contributed by atoms with Gasteiger partial charge in [-0.1, -0.05) is 43.3 Å². The first-order valence-corrected chi connectivity index (χ1v) is 10.2. The summed E-state index contributed by atoms with van der Waals surface area (Å²) in [6.07, 6.45) is 11.1. The number of hydrogen-bond acceptors (Lipinski definition) is 2. The summed E-state index contributed by atoms with van der Waals surface area (Å²) in [7, 11) is 0. The zero-order chi connectivity index (χ0) is 18.4. The molecule has 0 aliphatic heterocycles. The van der Waals surface area contributed by atoms with Crippen molar-refractivity contribution in [3.05, 3.63) is 77.4 Å². The molecule has 2 nitrogen and oxygen atoms in total. The van der Waals surface area contributed by atoms with E-state index < -0.39 is 0 Å². The fourth-order valence-corrected chi connectivity index (χ4v) is 5.84. The number of benzene rings is 2. The second-order valence-electron chi connectivity index (χ2n) is 8.71. The Kier molecular flexibility index (Phi) is 3.96. The van der Waals surface area contributed by atoms with Crippen LogP contribution in [-0.4, -0.2) is 5.97 Å². The van der Waals surface area contributed by atoms with Gasteiger partial charge in [0.1, 0.15) is 5.75 Å². The Balaban J connectivity index is 1.37. The van der Waals surface area contributed by atoms with Crippen LogP contribution in [0.1, 0.15) is 60.0 Å². The van der Waals surface area contributed by atoms with Crippen LogP contribution in [0.3, 0.4) is 0 Å². The fraction of sp³-hybridized carbons (Fsp3) is 0.400. The SMILES string of the molecule is C[C@@]12C=CC[C@H]1[C@@H]1CCc3cc(OC(=O)c4ccccc4)ccc3[C@H]1CC2. The van der Waals surface area contributed by atoms with Gasteiger partial charge in [0.25, 0.3) is 0 Å². The highest BCUT2D eigenvalue weighted by molar-refractivity contribution is 5.91. The maximum absolute atomic E-state index is 12.3. The lowest BCUT2D eigenvalue weighted by Gasteiger charge is -2.49. The van der Waals surface area contributed by atoms with E-state index in [0.29, 0.717) is 22.6 Å². The average Bonchev–Trinajstić information content (AvgIpc) is 3.10. The normalized spacial score (nSPS) is 30.9. The Hall–Kier alpha value is -2.35. The topological polar surface area (TPSA) is 26.3 Å². The van der Waals surface area contributed by atoms with E-state index in [4.69, 9.17) is 4.74 Å². The molecule has 0 bridgehead atoms. The van der Waals surface area contributed by atoms with E-state index in [2.05, 4.69) is 31.2 Å². The molecule has 5 rings (SSSR count). The van der Waals surface area contributed by atoms with Crippen LogP contribution in [0.25, 0.3) is 0 Å². The van der Waals surface area contributed by atoms with Gasteiger partial charge in [0.05, 0.1) is 5.56 Å². The van der Waals surface area contributed by atoms with Crippen molar-refractivity contribution >= 4 is 5.97 Å². The van der Waals surface area contributed by atoms with Crippen molar-refractivity contribution in [1.82, 2.24) is 0 Å². The molecule has 0 spiro atoms. The highest BCUT2D eigenvalue weighted by Gasteiger charge is 2.48. The van der Waals surface area contributed by atoms with Crippen molar-refractivity contribution in [3.63, 3.8) is 0 Å². The van der Waals surface area contributed by atoms with Gasteiger partial charge >= 0.3 is 5.97 Å². The third-order valence-electron chi connectivity index (χ3n) is 7.24. The van der Waals surface area contributed by atoms with E-state index in [9.17, 15) is 4.79 Å². The molecule has 27 heavy (non-hydrogen) atoms. The van der Waals surface area contributed by atoms with Crippen molar-refractivity contribution < 1.29 is 9.53 Å². The molecule has 1 fully saturated rings. The summed E-state index contributed by atoms with van der Waals surface area (Å²) in [4.78, 5) is 12.3. The van der Waals surface area contributed by atoms with Gasteiger partial charge in [-0.05, 0) is 90.7 Å². The summed E-state index contributed by atoms with van der Waals surface area (Å²) in [5.74, 6) is 2.66. The number of fused-ring (bicyclic) bond motifs is 5. The van der Waals surface area contributed by atoms with Crippen molar-refractivity contribution in [3.8, 4) is 5.75 Å².